The number of amides is 1. The van der Waals surface area contributed by atoms with Crippen LogP contribution in [0.1, 0.15) is 44.5 Å². The smallest absolute Gasteiger partial charge is 0.261 e. The van der Waals surface area contributed by atoms with Gasteiger partial charge in [-0.1, -0.05) is 0 Å². The summed E-state index contributed by atoms with van der Waals surface area (Å²) in [7, 11) is -3.73. The fraction of sp³-hybridized carbons (Fsp3) is 0.458. The van der Waals surface area contributed by atoms with E-state index in [9.17, 15) is 13.2 Å². The zero-order valence-electron chi connectivity index (χ0n) is 19.3. The topological polar surface area (TPSA) is 78.9 Å². The standard InChI is InChI=1S/C24H33N3O4S/c1-5-31-21-11-13-22(14-12-21)32(29,30)25-20-9-7-19(8-10-20)23(28)26-15-6-16-27(18-17-26)24(2,3)4/h7-14,25H,5-6,15-18H2,1-4H3. The number of hydrogen-bond donors (Lipinski definition) is 1. The van der Waals surface area contributed by atoms with Crippen LogP contribution in [0.25, 0.3) is 0 Å². The molecule has 1 fully saturated rings. The molecule has 0 atom stereocenters. The molecule has 3 rings (SSSR count). The first-order chi connectivity index (χ1) is 15.1. The van der Waals surface area contributed by atoms with Gasteiger partial charge in [-0.25, -0.2) is 8.42 Å². The molecular weight excluding hydrogens is 426 g/mol. The Morgan fingerprint density at radius 2 is 1.62 bits per heavy atom. The van der Waals surface area contributed by atoms with Crippen LogP contribution in [0, 0.1) is 0 Å². The molecule has 1 N–H and O–H groups in total. The van der Waals surface area contributed by atoms with Gasteiger partial charge in [-0.2, -0.15) is 0 Å². The van der Waals surface area contributed by atoms with Gasteiger partial charge in [-0.3, -0.25) is 14.4 Å². The van der Waals surface area contributed by atoms with Gasteiger partial charge >= 0.3 is 0 Å². The maximum Gasteiger partial charge on any atom is 0.261 e. The summed E-state index contributed by atoms with van der Waals surface area (Å²) in [4.78, 5) is 17.4. The number of carbonyl (C=O) groups is 1. The van der Waals surface area contributed by atoms with Crippen LogP contribution in [-0.4, -0.2) is 62.4 Å². The minimum absolute atomic E-state index is 0.0262. The normalized spacial score (nSPS) is 15.8. The molecule has 1 saturated heterocycles. The molecule has 0 aromatic heterocycles. The molecule has 0 spiro atoms. The Labute approximate surface area is 191 Å². The van der Waals surface area contributed by atoms with Crippen molar-refractivity contribution in [1.82, 2.24) is 9.80 Å². The second kappa shape index (κ2) is 9.92. The van der Waals surface area contributed by atoms with Gasteiger partial charge in [0.25, 0.3) is 15.9 Å². The van der Waals surface area contributed by atoms with E-state index >= 15 is 0 Å². The van der Waals surface area contributed by atoms with E-state index < -0.39 is 10.0 Å². The average molecular weight is 460 g/mol. The van der Waals surface area contributed by atoms with Crippen molar-refractivity contribution in [2.24, 2.45) is 0 Å². The summed E-state index contributed by atoms with van der Waals surface area (Å²) in [6, 6.07) is 12.9. The van der Waals surface area contributed by atoms with Gasteiger partial charge in [0.1, 0.15) is 5.75 Å². The van der Waals surface area contributed by atoms with Crippen LogP contribution in [0.2, 0.25) is 0 Å². The number of anilines is 1. The van der Waals surface area contributed by atoms with Crippen LogP contribution in [-0.2, 0) is 10.0 Å². The Balaban J connectivity index is 1.64. The Bertz CT molecular complexity index is 1010. The van der Waals surface area contributed by atoms with Crippen LogP contribution in [0.15, 0.2) is 53.4 Å². The third-order valence-electron chi connectivity index (χ3n) is 5.56. The summed E-state index contributed by atoms with van der Waals surface area (Å²) in [5, 5.41) is 0. The van der Waals surface area contributed by atoms with Crippen LogP contribution in [0.5, 0.6) is 5.75 Å². The van der Waals surface area contributed by atoms with E-state index in [1.165, 1.54) is 12.1 Å². The summed E-state index contributed by atoms with van der Waals surface area (Å²) in [6.45, 7) is 12.2. The van der Waals surface area contributed by atoms with Gasteiger partial charge in [0.2, 0.25) is 0 Å². The molecule has 1 heterocycles. The number of carbonyl (C=O) groups excluding carboxylic acids is 1. The molecule has 2 aromatic carbocycles. The first-order valence-corrected chi connectivity index (χ1v) is 12.5. The predicted octanol–water partition coefficient (Wildman–Crippen LogP) is 3.83. The number of benzene rings is 2. The molecule has 1 amide bonds. The summed E-state index contributed by atoms with van der Waals surface area (Å²) in [5.41, 5.74) is 1.05. The molecule has 0 aliphatic carbocycles. The second-order valence-corrected chi connectivity index (χ2v) is 10.6. The molecule has 32 heavy (non-hydrogen) atoms. The van der Waals surface area contributed by atoms with Crippen molar-refractivity contribution in [2.75, 3.05) is 37.5 Å². The molecular formula is C24H33N3O4S. The number of ether oxygens (including phenoxy) is 1. The van der Waals surface area contributed by atoms with Crippen LogP contribution in [0.4, 0.5) is 5.69 Å². The van der Waals surface area contributed by atoms with Gasteiger partial charge < -0.3 is 9.64 Å². The SMILES string of the molecule is CCOc1ccc(S(=O)(=O)Nc2ccc(C(=O)N3CCCN(C(C)(C)C)CC3)cc2)cc1. The first-order valence-electron chi connectivity index (χ1n) is 11.0. The minimum Gasteiger partial charge on any atom is -0.494 e. The lowest BCUT2D eigenvalue weighted by Crippen LogP contribution is -2.44. The number of nitrogens with one attached hydrogen (secondary N) is 1. The lowest BCUT2D eigenvalue weighted by atomic mass is 10.1. The van der Waals surface area contributed by atoms with Gasteiger partial charge in [0.15, 0.2) is 0 Å². The van der Waals surface area contributed by atoms with E-state index in [0.29, 0.717) is 30.2 Å². The predicted molar refractivity (Wildman–Crippen MR) is 127 cm³/mol. The Morgan fingerprint density at radius 3 is 2.22 bits per heavy atom. The first kappa shape index (κ1) is 24.1. The van der Waals surface area contributed by atoms with Gasteiger partial charge in [0, 0.05) is 43.0 Å². The Hall–Kier alpha value is -2.58. The summed E-state index contributed by atoms with van der Waals surface area (Å²) >= 11 is 0. The van der Waals surface area contributed by atoms with Gasteiger partial charge in [-0.05, 0) is 82.6 Å². The van der Waals surface area contributed by atoms with Crippen molar-refractivity contribution in [3.63, 3.8) is 0 Å². The van der Waals surface area contributed by atoms with Crippen molar-refractivity contribution < 1.29 is 17.9 Å². The van der Waals surface area contributed by atoms with Crippen molar-refractivity contribution in [3.05, 3.63) is 54.1 Å². The minimum atomic E-state index is -3.73. The largest absolute Gasteiger partial charge is 0.494 e. The van der Waals surface area contributed by atoms with E-state index in [1.807, 2.05) is 11.8 Å². The number of rotatable bonds is 6. The Kier molecular flexibility index (Phi) is 7.46. The van der Waals surface area contributed by atoms with Crippen molar-refractivity contribution in [2.45, 2.75) is 44.6 Å². The van der Waals surface area contributed by atoms with Crippen LogP contribution in [0.3, 0.4) is 0 Å². The summed E-state index contributed by atoms with van der Waals surface area (Å²) < 4.78 is 33.2. The second-order valence-electron chi connectivity index (χ2n) is 8.89. The Morgan fingerprint density at radius 1 is 0.969 bits per heavy atom. The van der Waals surface area contributed by atoms with E-state index in [0.717, 1.165) is 26.1 Å². The number of sulfonamides is 1. The molecule has 2 aromatic rings. The molecule has 174 valence electrons. The average Bonchev–Trinajstić information content (AvgIpc) is 3.01. The van der Waals surface area contributed by atoms with Gasteiger partial charge in [-0.15, -0.1) is 0 Å². The zero-order valence-corrected chi connectivity index (χ0v) is 20.1. The van der Waals surface area contributed by atoms with Crippen molar-refractivity contribution in [1.29, 1.82) is 0 Å². The summed E-state index contributed by atoms with van der Waals surface area (Å²) in [6.07, 6.45) is 0.934. The fourth-order valence-electron chi connectivity index (χ4n) is 3.75. The lowest BCUT2D eigenvalue weighted by molar-refractivity contribution is 0.0749. The lowest BCUT2D eigenvalue weighted by Gasteiger charge is -2.34. The molecule has 0 unspecified atom stereocenters. The third kappa shape index (κ3) is 6.01. The highest BCUT2D eigenvalue weighted by molar-refractivity contribution is 7.92. The highest BCUT2D eigenvalue weighted by atomic mass is 32.2. The van der Waals surface area contributed by atoms with Crippen molar-refractivity contribution >= 4 is 21.6 Å². The third-order valence-corrected chi connectivity index (χ3v) is 6.96. The molecule has 8 heteroatoms. The molecule has 1 aliphatic rings. The maximum atomic E-state index is 13.0. The molecule has 0 radical (unpaired) electrons. The molecule has 0 bridgehead atoms. The fourth-order valence-corrected chi connectivity index (χ4v) is 4.81. The quantitative estimate of drug-likeness (QED) is 0.710. The highest BCUT2D eigenvalue weighted by Crippen LogP contribution is 2.21. The summed E-state index contributed by atoms with van der Waals surface area (Å²) in [5.74, 6) is 0.593. The molecule has 7 nitrogen and oxygen atoms in total. The van der Waals surface area contributed by atoms with E-state index in [4.69, 9.17) is 4.74 Å². The molecule has 1 aliphatic heterocycles. The zero-order chi connectivity index (χ0) is 23.4. The van der Waals surface area contributed by atoms with Crippen molar-refractivity contribution in [3.8, 4) is 5.75 Å². The molecule has 0 saturated carbocycles. The van der Waals surface area contributed by atoms with Crippen LogP contribution >= 0.6 is 0 Å². The van der Waals surface area contributed by atoms with Gasteiger partial charge in [0.05, 0.1) is 11.5 Å². The number of nitrogens with zero attached hydrogens (tertiary/aromatic N) is 2. The maximum absolute atomic E-state index is 13.0. The number of hydrogen-bond acceptors (Lipinski definition) is 5. The van der Waals surface area contributed by atoms with Crippen LogP contribution < -0.4 is 9.46 Å². The monoisotopic (exact) mass is 459 g/mol. The highest BCUT2D eigenvalue weighted by Gasteiger charge is 2.26. The van der Waals surface area contributed by atoms with E-state index in [2.05, 4.69) is 30.4 Å². The van der Waals surface area contributed by atoms with E-state index in [-0.39, 0.29) is 16.3 Å². The van der Waals surface area contributed by atoms with E-state index in [1.54, 1.807) is 36.4 Å².